The van der Waals surface area contributed by atoms with Crippen molar-refractivity contribution in [2.45, 2.75) is 39.3 Å². The van der Waals surface area contributed by atoms with Crippen molar-refractivity contribution in [3.05, 3.63) is 51.9 Å². The highest BCUT2D eigenvalue weighted by Crippen LogP contribution is 2.27. The number of ether oxygens (including phenoxy) is 1. The number of nitrogens with zero attached hydrogens (tertiary/aromatic N) is 2. The SMILES string of the molecule is Cc1cc(C(C)NC(C)c2c(C=O)ccnc2Cl)cnc1OCC(F)F. The van der Waals surface area contributed by atoms with E-state index in [1.165, 1.54) is 6.20 Å². The molecule has 0 saturated heterocycles. The average molecular weight is 384 g/mol. The molecule has 2 atom stereocenters. The largest absolute Gasteiger partial charge is 0.471 e. The molecule has 0 fully saturated rings. The van der Waals surface area contributed by atoms with Crippen LogP contribution in [-0.2, 0) is 0 Å². The van der Waals surface area contributed by atoms with Crippen LogP contribution in [0.5, 0.6) is 5.88 Å². The molecule has 0 aromatic carbocycles. The first-order chi connectivity index (χ1) is 12.3. The Hall–Kier alpha value is -2.12. The molecule has 2 aromatic heterocycles. The van der Waals surface area contributed by atoms with Gasteiger partial charge in [0.15, 0.2) is 12.9 Å². The van der Waals surface area contributed by atoms with Crippen LogP contribution in [0.4, 0.5) is 8.78 Å². The summed E-state index contributed by atoms with van der Waals surface area (Å²) in [5.74, 6) is 0.188. The van der Waals surface area contributed by atoms with Gasteiger partial charge in [0.1, 0.15) is 5.15 Å². The number of aryl methyl sites for hydroxylation is 1. The zero-order valence-electron chi connectivity index (χ0n) is 14.7. The van der Waals surface area contributed by atoms with Crippen molar-refractivity contribution in [2.75, 3.05) is 6.61 Å². The van der Waals surface area contributed by atoms with Crippen molar-refractivity contribution in [2.24, 2.45) is 0 Å². The normalized spacial score (nSPS) is 13.5. The maximum Gasteiger partial charge on any atom is 0.272 e. The van der Waals surface area contributed by atoms with Crippen LogP contribution in [0.3, 0.4) is 0 Å². The van der Waals surface area contributed by atoms with E-state index in [0.29, 0.717) is 16.7 Å². The quantitative estimate of drug-likeness (QED) is 0.543. The summed E-state index contributed by atoms with van der Waals surface area (Å²) < 4.78 is 29.5. The van der Waals surface area contributed by atoms with Crippen molar-refractivity contribution in [3.8, 4) is 5.88 Å². The van der Waals surface area contributed by atoms with E-state index in [0.717, 1.165) is 11.8 Å². The third-order valence-corrected chi connectivity index (χ3v) is 4.23. The first-order valence-electron chi connectivity index (χ1n) is 8.06. The van der Waals surface area contributed by atoms with Crippen molar-refractivity contribution < 1.29 is 18.3 Å². The van der Waals surface area contributed by atoms with E-state index in [2.05, 4.69) is 15.3 Å². The number of halogens is 3. The summed E-state index contributed by atoms with van der Waals surface area (Å²) in [5, 5.41) is 3.61. The van der Waals surface area contributed by atoms with Gasteiger partial charge in [-0.05, 0) is 38.5 Å². The highest BCUT2D eigenvalue weighted by atomic mass is 35.5. The van der Waals surface area contributed by atoms with Gasteiger partial charge in [-0.1, -0.05) is 11.6 Å². The number of pyridine rings is 2. The molecule has 0 aliphatic heterocycles. The number of nitrogens with one attached hydrogen (secondary N) is 1. The summed E-state index contributed by atoms with van der Waals surface area (Å²) >= 11 is 6.14. The standard InChI is InChI=1S/C18H20ClF2N3O2/c1-10-6-14(7-23-18(10)26-9-15(20)21)11(2)24-12(3)16-13(8-25)4-5-22-17(16)19/h4-8,11-12,15,24H,9H2,1-3H3. The van der Waals surface area contributed by atoms with E-state index in [4.69, 9.17) is 16.3 Å². The van der Waals surface area contributed by atoms with Crippen molar-refractivity contribution >= 4 is 17.9 Å². The number of hydrogen-bond donors (Lipinski definition) is 1. The molecule has 0 radical (unpaired) electrons. The van der Waals surface area contributed by atoms with Gasteiger partial charge in [-0.2, -0.15) is 0 Å². The molecule has 140 valence electrons. The molecular weight excluding hydrogens is 364 g/mol. The molecule has 0 aliphatic carbocycles. The lowest BCUT2D eigenvalue weighted by molar-refractivity contribution is 0.0792. The Morgan fingerprint density at radius 2 is 2.04 bits per heavy atom. The summed E-state index contributed by atoms with van der Waals surface area (Å²) in [6, 6.07) is 3.07. The van der Waals surface area contributed by atoms with Gasteiger partial charge in [0.25, 0.3) is 6.43 Å². The predicted octanol–water partition coefficient (Wildman–Crippen LogP) is 4.31. The van der Waals surface area contributed by atoms with Crippen LogP contribution in [0.15, 0.2) is 24.5 Å². The second-order valence-electron chi connectivity index (χ2n) is 5.93. The van der Waals surface area contributed by atoms with Gasteiger partial charge in [0.2, 0.25) is 5.88 Å². The third-order valence-electron chi connectivity index (χ3n) is 3.93. The van der Waals surface area contributed by atoms with Gasteiger partial charge >= 0.3 is 0 Å². The van der Waals surface area contributed by atoms with Crippen molar-refractivity contribution in [1.82, 2.24) is 15.3 Å². The molecule has 2 unspecified atom stereocenters. The van der Waals surface area contributed by atoms with Crippen molar-refractivity contribution in [3.63, 3.8) is 0 Å². The minimum atomic E-state index is -2.55. The number of hydrogen-bond acceptors (Lipinski definition) is 5. The summed E-state index contributed by atoms with van der Waals surface area (Å²) in [7, 11) is 0. The number of carbonyl (C=O) groups excluding carboxylic acids is 1. The molecule has 26 heavy (non-hydrogen) atoms. The maximum absolute atomic E-state index is 12.3. The van der Waals surface area contributed by atoms with Crippen LogP contribution >= 0.6 is 11.6 Å². The molecule has 2 rings (SSSR count). The van der Waals surface area contributed by atoms with E-state index in [-0.39, 0.29) is 23.1 Å². The van der Waals surface area contributed by atoms with Crippen LogP contribution in [0.1, 0.15) is 53.0 Å². The van der Waals surface area contributed by atoms with Crippen LogP contribution in [0.2, 0.25) is 5.15 Å². The Morgan fingerprint density at radius 1 is 1.31 bits per heavy atom. The summed E-state index contributed by atoms with van der Waals surface area (Å²) in [4.78, 5) is 19.4. The van der Waals surface area contributed by atoms with E-state index < -0.39 is 13.0 Å². The van der Waals surface area contributed by atoms with E-state index in [1.807, 2.05) is 19.9 Å². The van der Waals surface area contributed by atoms with E-state index >= 15 is 0 Å². The summed E-state index contributed by atoms with van der Waals surface area (Å²) in [5.41, 5.74) is 2.61. The molecule has 1 N–H and O–H groups in total. The molecule has 0 aliphatic rings. The maximum atomic E-state index is 12.3. The Bertz CT molecular complexity index is 774. The highest BCUT2D eigenvalue weighted by molar-refractivity contribution is 6.30. The minimum absolute atomic E-state index is 0.129. The molecule has 0 spiro atoms. The van der Waals surface area contributed by atoms with Crippen LogP contribution in [0.25, 0.3) is 0 Å². The van der Waals surface area contributed by atoms with Gasteiger partial charge in [-0.15, -0.1) is 0 Å². The molecule has 5 nitrogen and oxygen atoms in total. The fourth-order valence-electron chi connectivity index (χ4n) is 2.66. The zero-order valence-corrected chi connectivity index (χ0v) is 15.4. The van der Waals surface area contributed by atoms with Gasteiger partial charge in [0.05, 0.1) is 0 Å². The van der Waals surface area contributed by atoms with Crippen molar-refractivity contribution in [1.29, 1.82) is 0 Å². The third kappa shape index (κ3) is 4.95. The lowest BCUT2D eigenvalue weighted by Gasteiger charge is -2.22. The number of aldehydes is 1. The fourth-order valence-corrected chi connectivity index (χ4v) is 2.99. The number of carbonyl (C=O) groups is 1. The first-order valence-corrected chi connectivity index (χ1v) is 8.44. The molecule has 2 heterocycles. The zero-order chi connectivity index (χ0) is 19.3. The van der Waals surface area contributed by atoms with E-state index in [1.54, 1.807) is 19.2 Å². The van der Waals surface area contributed by atoms with Gasteiger partial charge < -0.3 is 10.1 Å². The van der Waals surface area contributed by atoms with Gasteiger partial charge in [0, 0.05) is 41.2 Å². The second-order valence-corrected chi connectivity index (χ2v) is 6.28. The smallest absolute Gasteiger partial charge is 0.272 e. The Kier molecular flexibility index (Phi) is 6.99. The fraction of sp³-hybridized carbons (Fsp3) is 0.389. The molecule has 8 heteroatoms. The number of alkyl halides is 2. The number of rotatable bonds is 8. The summed E-state index contributed by atoms with van der Waals surface area (Å²) in [6.07, 6.45) is 1.25. The average Bonchev–Trinajstić information content (AvgIpc) is 2.59. The van der Waals surface area contributed by atoms with E-state index in [9.17, 15) is 13.6 Å². The molecule has 0 bridgehead atoms. The molecule has 0 amide bonds. The highest BCUT2D eigenvalue weighted by Gasteiger charge is 2.19. The predicted molar refractivity (Wildman–Crippen MR) is 95.1 cm³/mol. The minimum Gasteiger partial charge on any atom is -0.471 e. The van der Waals surface area contributed by atoms with Gasteiger partial charge in [-0.3, -0.25) is 4.79 Å². The first kappa shape index (κ1) is 20.2. The van der Waals surface area contributed by atoms with Crippen LogP contribution in [-0.4, -0.2) is 29.3 Å². The van der Waals surface area contributed by atoms with Crippen LogP contribution in [0, 0.1) is 6.92 Å². The summed E-state index contributed by atoms with van der Waals surface area (Å²) in [6.45, 7) is 4.87. The second kappa shape index (κ2) is 9.00. The molecular formula is C18H20ClF2N3O2. The Labute approximate surface area is 155 Å². The van der Waals surface area contributed by atoms with Gasteiger partial charge in [-0.25, -0.2) is 18.7 Å². The Morgan fingerprint density at radius 3 is 2.65 bits per heavy atom. The Balaban J connectivity index is 2.13. The molecule has 2 aromatic rings. The number of aromatic nitrogens is 2. The van der Waals surface area contributed by atoms with Crippen LogP contribution < -0.4 is 10.1 Å². The lowest BCUT2D eigenvalue weighted by Crippen LogP contribution is -2.24. The molecule has 0 saturated carbocycles. The monoisotopic (exact) mass is 383 g/mol. The lowest BCUT2D eigenvalue weighted by atomic mass is 10.0. The topological polar surface area (TPSA) is 64.1 Å².